The fourth-order valence-corrected chi connectivity index (χ4v) is 2.62. The number of benzene rings is 1. The van der Waals surface area contributed by atoms with E-state index in [2.05, 4.69) is 5.32 Å². The Morgan fingerprint density at radius 3 is 2.35 bits per heavy atom. The molecule has 0 radical (unpaired) electrons. The number of carbonyl (C=O) groups is 2. The molecule has 5 nitrogen and oxygen atoms in total. The standard InChI is InChI=1S/C15H19NO4/c17-10-7-12(13(18)19)16-14(20)15(8-4-9-15)11-5-2-1-3-6-11/h1-3,5-6,12,17H,4,7-10H2,(H,16,20)(H,18,19)/t12-/m1/s1. The van der Waals surface area contributed by atoms with Gasteiger partial charge in [0.05, 0.1) is 5.41 Å². The molecule has 0 aromatic heterocycles. The van der Waals surface area contributed by atoms with Gasteiger partial charge in [0.25, 0.3) is 0 Å². The van der Waals surface area contributed by atoms with Gasteiger partial charge in [0.1, 0.15) is 6.04 Å². The van der Waals surface area contributed by atoms with Crippen molar-refractivity contribution in [2.75, 3.05) is 6.61 Å². The van der Waals surface area contributed by atoms with Crippen LogP contribution in [0.5, 0.6) is 0 Å². The molecule has 1 aliphatic carbocycles. The molecule has 0 spiro atoms. The predicted octanol–water partition coefficient (Wildman–Crippen LogP) is 1.06. The first-order valence-electron chi connectivity index (χ1n) is 6.80. The van der Waals surface area contributed by atoms with Crippen molar-refractivity contribution in [2.45, 2.75) is 37.1 Å². The monoisotopic (exact) mass is 277 g/mol. The summed E-state index contributed by atoms with van der Waals surface area (Å²) in [5.41, 5.74) is 0.321. The van der Waals surface area contributed by atoms with Crippen molar-refractivity contribution in [2.24, 2.45) is 0 Å². The molecular weight excluding hydrogens is 258 g/mol. The van der Waals surface area contributed by atoms with Gasteiger partial charge in [-0.1, -0.05) is 36.8 Å². The van der Waals surface area contributed by atoms with Crippen molar-refractivity contribution >= 4 is 11.9 Å². The largest absolute Gasteiger partial charge is 0.480 e. The van der Waals surface area contributed by atoms with Crippen molar-refractivity contribution in [1.29, 1.82) is 0 Å². The van der Waals surface area contributed by atoms with Crippen LogP contribution in [-0.4, -0.2) is 34.7 Å². The van der Waals surface area contributed by atoms with Gasteiger partial charge >= 0.3 is 5.97 Å². The second-order valence-corrected chi connectivity index (χ2v) is 5.18. The molecule has 5 heteroatoms. The third kappa shape index (κ3) is 2.67. The molecule has 0 unspecified atom stereocenters. The van der Waals surface area contributed by atoms with Gasteiger partial charge < -0.3 is 15.5 Å². The number of aliphatic carboxylic acids is 1. The minimum absolute atomic E-state index is 0.0198. The van der Waals surface area contributed by atoms with Gasteiger partial charge in [-0.2, -0.15) is 0 Å². The van der Waals surface area contributed by atoms with Gasteiger partial charge in [0.15, 0.2) is 0 Å². The van der Waals surface area contributed by atoms with Crippen LogP contribution in [0.2, 0.25) is 0 Å². The van der Waals surface area contributed by atoms with E-state index in [1.807, 2.05) is 30.3 Å². The van der Waals surface area contributed by atoms with E-state index in [-0.39, 0.29) is 18.9 Å². The van der Waals surface area contributed by atoms with E-state index < -0.39 is 17.4 Å². The summed E-state index contributed by atoms with van der Waals surface area (Å²) in [6.07, 6.45) is 2.44. The molecule has 108 valence electrons. The zero-order valence-electron chi connectivity index (χ0n) is 11.2. The summed E-state index contributed by atoms with van der Waals surface area (Å²) < 4.78 is 0. The van der Waals surface area contributed by atoms with Crippen molar-refractivity contribution in [3.63, 3.8) is 0 Å². The first kappa shape index (κ1) is 14.5. The van der Waals surface area contributed by atoms with Gasteiger partial charge in [-0.3, -0.25) is 4.79 Å². The highest BCUT2D eigenvalue weighted by atomic mass is 16.4. The average Bonchev–Trinajstić information content (AvgIpc) is 2.38. The highest BCUT2D eigenvalue weighted by Crippen LogP contribution is 2.43. The number of carboxylic acids is 1. The summed E-state index contributed by atoms with van der Waals surface area (Å²) in [7, 11) is 0. The Labute approximate surface area is 117 Å². The maximum Gasteiger partial charge on any atom is 0.326 e. The highest BCUT2D eigenvalue weighted by Gasteiger charge is 2.46. The van der Waals surface area contributed by atoms with E-state index in [0.717, 1.165) is 24.8 Å². The highest BCUT2D eigenvalue weighted by molar-refractivity contribution is 5.92. The summed E-state index contributed by atoms with van der Waals surface area (Å²) in [5, 5.41) is 20.5. The summed E-state index contributed by atoms with van der Waals surface area (Å²) in [6.45, 7) is -0.268. The van der Waals surface area contributed by atoms with E-state index in [0.29, 0.717) is 0 Å². The molecule has 1 aromatic rings. The van der Waals surface area contributed by atoms with Crippen LogP contribution in [0.1, 0.15) is 31.2 Å². The predicted molar refractivity (Wildman–Crippen MR) is 73.2 cm³/mol. The number of rotatable bonds is 6. The fourth-order valence-electron chi connectivity index (χ4n) is 2.62. The van der Waals surface area contributed by atoms with Crippen LogP contribution in [0.15, 0.2) is 30.3 Å². The first-order valence-corrected chi connectivity index (χ1v) is 6.80. The molecule has 0 saturated heterocycles. The van der Waals surface area contributed by atoms with Gasteiger partial charge in [0, 0.05) is 13.0 Å². The Hall–Kier alpha value is -1.88. The average molecular weight is 277 g/mol. The third-order valence-corrected chi connectivity index (χ3v) is 3.99. The van der Waals surface area contributed by atoms with E-state index in [1.165, 1.54) is 0 Å². The number of aliphatic hydroxyl groups is 1. The van der Waals surface area contributed by atoms with Gasteiger partial charge in [-0.15, -0.1) is 0 Å². The summed E-state index contributed by atoms with van der Waals surface area (Å²) in [4.78, 5) is 23.6. The summed E-state index contributed by atoms with van der Waals surface area (Å²) in [6, 6.07) is 8.42. The quantitative estimate of drug-likeness (QED) is 0.725. The van der Waals surface area contributed by atoms with Crippen LogP contribution in [0, 0.1) is 0 Å². The molecule has 1 fully saturated rings. The number of nitrogens with one attached hydrogen (secondary N) is 1. The van der Waals surface area contributed by atoms with E-state index >= 15 is 0 Å². The Balaban J connectivity index is 2.16. The van der Waals surface area contributed by atoms with Gasteiger partial charge in [0.2, 0.25) is 5.91 Å². The second-order valence-electron chi connectivity index (χ2n) is 5.18. The second kappa shape index (κ2) is 6.05. The fraction of sp³-hybridized carbons (Fsp3) is 0.467. The van der Waals surface area contributed by atoms with E-state index in [1.54, 1.807) is 0 Å². The minimum atomic E-state index is -1.12. The zero-order valence-corrected chi connectivity index (χ0v) is 11.2. The van der Waals surface area contributed by atoms with E-state index in [9.17, 15) is 9.59 Å². The van der Waals surface area contributed by atoms with Gasteiger partial charge in [-0.25, -0.2) is 4.79 Å². The molecule has 1 amide bonds. The van der Waals surface area contributed by atoms with Crippen molar-refractivity contribution in [3.8, 4) is 0 Å². The molecular formula is C15H19NO4. The van der Waals surface area contributed by atoms with Crippen LogP contribution < -0.4 is 5.32 Å². The first-order chi connectivity index (χ1) is 9.60. The molecule has 0 aliphatic heterocycles. The van der Waals surface area contributed by atoms with Crippen LogP contribution in [0.4, 0.5) is 0 Å². The lowest BCUT2D eigenvalue weighted by molar-refractivity contribution is -0.144. The zero-order chi connectivity index (χ0) is 14.6. The number of hydrogen-bond acceptors (Lipinski definition) is 3. The molecule has 0 bridgehead atoms. The number of hydrogen-bond donors (Lipinski definition) is 3. The smallest absolute Gasteiger partial charge is 0.326 e. The molecule has 0 heterocycles. The Kier molecular flexibility index (Phi) is 4.39. The van der Waals surface area contributed by atoms with Crippen molar-refractivity contribution in [1.82, 2.24) is 5.32 Å². The lowest BCUT2D eigenvalue weighted by atomic mass is 9.63. The maximum atomic E-state index is 12.5. The third-order valence-electron chi connectivity index (χ3n) is 3.99. The number of carboxylic acid groups (broad SMARTS) is 1. The molecule has 20 heavy (non-hydrogen) atoms. The minimum Gasteiger partial charge on any atom is -0.480 e. The van der Waals surface area contributed by atoms with Crippen molar-refractivity contribution < 1.29 is 19.8 Å². The van der Waals surface area contributed by atoms with Crippen LogP contribution in [-0.2, 0) is 15.0 Å². The number of amides is 1. The lowest BCUT2D eigenvalue weighted by Gasteiger charge is -2.41. The Morgan fingerprint density at radius 1 is 1.25 bits per heavy atom. The number of aliphatic hydroxyl groups excluding tert-OH is 1. The molecule has 2 rings (SSSR count). The number of carbonyl (C=O) groups excluding carboxylic acids is 1. The summed E-state index contributed by atoms with van der Waals surface area (Å²) in [5.74, 6) is -1.37. The SMILES string of the molecule is O=C(O)[C@@H](CCO)NC(=O)C1(c2ccccc2)CCC1. The Bertz CT molecular complexity index is 482. The normalized spacial score (nSPS) is 17.9. The lowest BCUT2D eigenvalue weighted by Crippen LogP contribution is -2.54. The van der Waals surface area contributed by atoms with Crippen LogP contribution in [0.3, 0.4) is 0 Å². The molecule has 1 saturated carbocycles. The molecule has 3 N–H and O–H groups in total. The van der Waals surface area contributed by atoms with Crippen LogP contribution >= 0.6 is 0 Å². The van der Waals surface area contributed by atoms with Gasteiger partial charge in [-0.05, 0) is 18.4 Å². The molecule has 1 aromatic carbocycles. The molecule has 1 aliphatic rings. The van der Waals surface area contributed by atoms with Crippen molar-refractivity contribution in [3.05, 3.63) is 35.9 Å². The van der Waals surface area contributed by atoms with E-state index in [4.69, 9.17) is 10.2 Å². The topological polar surface area (TPSA) is 86.6 Å². The summed E-state index contributed by atoms with van der Waals surface area (Å²) >= 11 is 0. The molecule has 1 atom stereocenters. The maximum absolute atomic E-state index is 12.5. The Morgan fingerprint density at radius 2 is 1.90 bits per heavy atom. The van der Waals surface area contributed by atoms with Crippen LogP contribution in [0.25, 0.3) is 0 Å².